The lowest BCUT2D eigenvalue weighted by molar-refractivity contribution is -0.274. The number of anilines is 2. The fourth-order valence-electron chi connectivity index (χ4n) is 5.71. The summed E-state index contributed by atoms with van der Waals surface area (Å²) in [6.45, 7) is 6.12. The Morgan fingerprint density at radius 3 is 2.46 bits per heavy atom. The number of halogens is 3. The number of rotatable bonds is 5. The third kappa shape index (κ3) is 5.86. The van der Waals surface area contributed by atoms with E-state index in [2.05, 4.69) is 28.5 Å². The monoisotopic (exact) mass is 514 g/mol. The van der Waals surface area contributed by atoms with Gasteiger partial charge in [0.05, 0.1) is 11.0 Å². The predicted molar refractivity (Wildman–Crippen MR) is 137 cm³/mol. The second kappa shape index (κ2) is 9.91. The fraction of sp³-hybridized carbons (Fsp3) is 0.500. The molecular weight excluding hydrogens is 481 g/mol. The summed E-state index contributed by atoms with van der Waals surface area (Å²) in [6, 6.07) is 11.5. The molecule has 2 fully saturated rings. The summed E-state index contributed by atoms with van der Waals surface area (Å²) in [5.41, 5.74) is 3.11. The first-order valence-corrected chi connectivity index (χ1v) is 13.0. The minimum Gasteiger partial charge on any atom is -0.406 e. The number of imidazole rings is 1. The first-order valence-electron chi connectivity index (χ1n) is 13.0. The Kier molecular flexibility index (Phi) is 6.81. The van der Waals surface area contributed by atoms with Crippen LogP contribution in [0, 0.1) is 5.41 Å². The molecule has 1 amide bonds. The van der Waals surface area contributed by atoms with Crippen LogP contribution in [0.2, 0.25) is 0 Å². The maximum atomic E-state index is 13.3. The number of alkyl halides is 3. The number of aromatic nitrogens is 2. The van der Waals surface area contributed by atoms with E-state index in [4.69, 9.17) is 4.98 Å². The minimum absolute atomic E-state index is 0.0492. The van der Waals surface area contributed by atoms with Crippen molar-refractivity contribution in [2.24, 2.45) is 5.41 Å². The Hall–Kier alpha value is -3.23. The highest BCUT2D eigenvalue weighted by atomic mass is 19.4. The van der Waals surface area contributed by atoms with Crippen molar-refractivity contribution in [2.45, 2.75) is 71.2 Å². The smallest absolute Gasteiger partial charge is 0.406 e. The first-order chi connectivity index (χ1) is 17.6. The van der Waals surface area contributed by atoms with E-state index >= 15 is 0 Å². The average Bonchev–Trinajstić information content (AvgIpc) is 3.21. The van der Waals surface area contributed by atoms with Gasteiger partial charge in [-0.2, -0.15) is 0 Å². The Morgan fingerprint density at radius 1 is 1.05 bits per heavy atom. The third-order valence-electron chi connectivity index (χ3n) is 7.47. The van der Waals surface area contributed by atoms with Crippen LogP contribution in [0.4, 0.5) is 24.8 Å². The number of ether oxygens (including phenoxy) is 1. The highest BCUT2D eigenvalue weighted by Gasteiger charge is 2.32. The number of amides is 1. The number of hydrogen-bond acceptors (Lipinski definition) is 4. The Morgan fingerprint density at radius 2 is 1.78 bits per heavy atom. The molecule has 1 saturated carbocycles. The fourth-order valence-corrected chi connectivity index (χ4v) is 5.71. The number of piperidine rings is 1. The molecule has 5 rings (SSSR count). The summed E-state index contributed by atoms with van der Waals surface area (Å²) in [6.07, 6.45) is 2.69. The molecule has 37 heavy (non-hydrogen) atoms. The van der Waals surface area contributed by atoms with Gasteiger partial charge in [0.15, 0.2) is 0 Å². The summed E-state index contributed by atoms with van der Waals surface area (Å²) in [5.74, 6) is 0.388. The van der Waals surface area contributed by atoms with Crippen molar-refractivity contribution in [3.05, 3.63) is 48.0 Å². The van der Waals surface area contributed by atoms with E-state index in [9.17, 15) is 18.0 Å². The van der Waals surface area contributed by atoms with Crippen LogP contribution in [0.1, 0.15) is 75.2 Å². The van der Waals surface area contributed by atoms with Gasteiger partial charge in [-0.15, -0.1) is 13.2 Å². The minimum atomic E-state index is -4.74. The molecule has 1 N–H and O–H groups in total. The summed E-state index contributed by atoms with van der Waals surface area (Å²) in [7, 11) is 0. The van der Waals surface area contributed by atoms with Crippen LogP contribution in [0.15, 0.2) is 42.5 Å². The normalized spacial score (nSPS) is 20.1. The zero-order valence-electron chi connectivity index (χ0n) is 21.3. The third-order valence-corrected chi connectivity index (χ3v) is 7.47. The molecule has 6 nitrogen and oxygen atoms in total. The molecule has 1 atom stereocenters. The Labute approximate surface area is 214 Å². The molecule has 0 unspecified atom stereocenters. The van der Waals surface area contributed by atoms with Crippen molar-refractivity contribution in [2.75, 3.05) is 18.4 Å². The standard InChI is InChI=1S/C28H33F3N4O2/c1-27(2)14-6-7-21(18-27)35-24-17-19(25(36)34-15-4-3-5-16-34)8-13-23(24)33-26(35)32-20-9-11-22(12-10-20)37-28(29,30)31/h8-13,17,21H,3-7,14-16,18H2,1-2H3,(H,32,33)/t21-/m0/s1. The molecule has 2 heterocycles. The molecule has 1 aliphatic heterocycles. The predicted octanol–water partition coefficient (Wildman–Crippen LogP) is 7.45. The van der Waals surface area contributed by atoms with Gasteiger partial charge in [-0.05, 0) is 86.4 Å². The zero-order chi connectivity index (χ0) is 26.2. The molecule has 0 bridgehead atoms. The number of fused-ring (bicyclic) bond motifs is 1. The summed E-state index contributed by atoms with van der Waals surface area (Å²) in [4.78, 5) is 20.0. The van der Waals surface area contributed by atoms with Crippen LogP contribution < -0.4 is 10.1 Å². The molecule has 9 heteroatoms. The largest absolute Gasteiger partial charge is 0.573 e. The van der Waals surface area contributed by atoms with Crippen molar-refractivity contribution >= 4 is 28.6 Å². The number of benzene rings is 2. The molecule has 2 aromatic carbocycles. The van der Waals surface area contributed by atoms with E-state index in [0.717, 1.165) is 69.1 Å². The van der Waals surface area contributed by atoms with Gasteiger partial charge in [-0.3, -0.25) is 4.79 Å². The van der Waals surface area contributed by atoms with Gasteiger partial charge >= 0.3 is 6.36 Å². The highest BCUT2D eigenvalue weighted by molar-refractivity contribution is 5.98. The Balaban J connectivity index is 1.50. The second-order valence-electron chi connectivity index (χ2n) is 11.0. The molecule has 1 saturated heterocycles. The van der Waals surface area contributed by atoms with Crippen molar-refractivity contribution < 1.29 is 22.7 Å². The molecule has 3 aromatic rings. The SMILES string of the molecule is CC1(C)CCC[C@H](n2c(Nc3ccc(OC(F)(F)F)cc3)nc3ccc(C(=O)N4CCCCC4)cc32)C1. The summed E-state index contributed by atoms with van der Waals surface area (Å²) in [5, 5.41) is 3.31. The van der Waals surface area contributed by atoms with Gasteiger partial charge in [-0.25, -0.2) is 4.98 Å². The zero-order valence-corrected chi connectivity index (χ0v) is 21.3. The molecule has 1 aliphatic carbocycles. The number of likely N-dealkylation sites (tertiary alicyclic amines) is 1. The van der Waals surface area contributed by atoms with Crippen LogP contribution in [-0.4, -0.2) is 39.8 Å². The van der Waals surface area contributed by atoms with Crippen molar-refractivity contribution in [3.63, 3.8) is 0 Å². The first kappa shape index (κ1) is 25.4. The van der Waals surface area contributed by atoms with Crippen molar-refractivity contribution in [3.8, 4) is 5.75 Å². The van der Waals surface area contributed by atoms with E-state index < -0.39 is 6.36 Å². The van der Waals surface area contributed by atoms with Gasteiger partial charge in [0, 0.05) is 30.4 Å². The van der Waals surface area contributed by atoms with E-state index in [1.807, 2.05) is 23.1 Å². The molecule has 2 aliphatic rings. The summed E-state index contributed by atoms with van der Waals surface area (Å²) >= 11 is 0. The van der Waals surface area contributed by atoms with Gasteiger partial charge in [-0.1, -0.05) is 20.3 Å². The quantitative estimate of drug-likeness (QED) is 0.384. The summed E-state index contributed by atoms with van der Waals surface area (Å²) < 4.78 is 43.9. The van der Waals surface area contributed by atoms with E-state index in [1.165, 1.54) is 12.1 Å². The molecular formula is C28H33F3N4O2. The van der Waals surface area contributed by atoms with Gasteiger partial charge in [0.25, 0.3) is 5.91 Å². The number of nitrogens with one attached hydrogen (secondary N) is 1. The maximum Gasteiger partial charge on any atom is 0.573 e. The number of carbonyl (C=O) groups is 1. The maximum absolute atomic E-state index is 13.3. The Bertz CT molecular complexity index is 1260. The van der Waals surface area contributed by atoms with Gasteiger partial charge in [0.1, 0.15) is 5.75 Å². The lowest BCUT2D eigenvalue weighted by Crippen LogP contribution is -2.35. The number of carbonyl (C=O) groups excluding carboxylic acids is 1. The highest BCUT2D eigenvalue weighted by Crippen LogP contribution is 2.43. The van der Waals surface area contributed by atoms with Crippen LogP contribution in [0.25, 0.3) is 11.0 Å². The lowest BCUT2D eigenvalue weighted by Gasteiger charge is -2.36. The molecule has 1 aromatic heterocycles. The average molecular weight is 515 g/mol. The molecule has 0 spiro atoms. The number of nitrogens with zero attached hydrogens (tertiary/aromatic N) is 3. The van der Waals surface area contributed by atoms with E-state index in [1.54, 1.807) is 12.1 Å². The molecule has 198 valence electrons. The van der Waals surface area contributed by atoms with E-state index in [0.29, 0.717) is 17.2 Å². The second-order valence-corrected chi connectivity index (χ2v) is 11.0. The van der Waals surface area contributed by atoms with Crippen molar-refractivity contribution in [1.29, 1.82) is 0 Å². The van der Waals surface area contributed by atoms with Crippen LogP contribution >= 0.6 is 0 Å². The molecule has 0 radical (unpaired) electrons. The van der Waals surface area contributed by atoms with Crippen LogP contribution in [-0.2, 0) is 0 Å². The van der Waals surface area contributed by atoms with E-state index in [-0.39, 0.29) is 23.1 Å². The lowest BCUT2D eigenvalue weighted by atomic mass is 9.75. The van der Waals surface area contributed by atoms with Gasteiger partial charge < -0.3 is 19.5 Å². The number of hydrogen-bond donors (Lipinski definition) is 1. The topological polar surface area (TPSA) is 59.4 Å². The van der Waals surface area contributed by atoms with Crippen molar-refractivity contribution in [1.82, 2.24) is 14.5 Å². The van der Waals surface area contributed by atoms with Gasteiger partial charge in [0.2, 0.25) is 5.95 Å². The van der Waals surface area contributed by atoms with Crippen LogP contribution in [0.3, 0.4) is 0 Å². The van der Waals surface area contributed by atoms with Crippen LogP contribution in [0.5, 0.6) is 5.75 Å².